The van der Waals surface area contributed by atoms with Crippen molar-refractivity contribution in [3.05, 3.63) is 23.3 Å². The van der Waals surface area contributed by atoms with Crippen LogP contribution in [0.15, 0.2) is 22.6 Å². The molecule has 0 aliphatic carbocycles. The summed E-state index contributed by atoms with van der Waals surface area (Å²) in [5.74, 6) is 3.76. The van der Waals surface area contributed by atoms with Gasteiger partial charge in [0, 0.05) is 25.8 Å². The fraction of sp³-hybridized carbons (Fsp3) is 0.474. The molecular weight excluding hydrogens is 312 g/mol. The smallest absolute Gasteiger partial charge is 0.227 e. The lowest BCUT2D eigenvalue weighted by atomic mass is 9.89. The standard InChI is InChI=1S/C19H24N6/c1-6-9-20-14(3)13(2)16-7-10-25(11-8-16)19-22-15(4)17-18(23-19)21-12-24(17)5/h1,9,12,16H,7-8,10-11H2,2-5H3. The van der Waals surface area contributed by atoms with Crippen molar-refractivity contribution >= 4 is 23.3 Å². The topological polar surface area (TPSA) is 59.2 Å². The second-order valence-electron chi connectivity index (χ2n) is 6.59. The summed E-state index contributed by atoms with van der Waals surface area (Å²) in [6.07, 6.45) is 10.7. The van der Waals surface area contributed by atoms with Gasteiger partial charge in [-0.15, -0.1) is 6.42 Å². The number of nitrogens with zero attached hydrogens (tertiary/aromatic N) is 6. The zero-order chi connectivity index (χ0) is 18.0. The van der Waals surface area contributed by atoms with Gasteiger partial charge in [-0.3, -0.25) is 4.99 Å². The lowest BCUT2D eigenvalue weighted by Gasteiger charge is -2.32. The van der Waals surface area contributed by atoms with Crippen molar-refractivity contribution in [2.75, 3.05) is 18.0 Å². The molecule has 0 radical (unpaired) electrons. The van der Waals surface area contributed by atoms with Gasteiger partial charge in [0.2, 0.25) is 5.95 Å². The molecule has 6 heteroatoms. The molecular formula is C19H24N6. The Bertz CT molecular complexity index is 875. The molecule has 0 bridgehead atoms. The van der Waals surface area contributed by atoms with E-state index in [4.69, 9.17) is 11.4 Å². The zero-order valence-corrected chi connectivity index (χ0v) is 15.3. The van der Waals surface area contributed by atoms with Gasteiger partial charge in [0.05, 0.1) is 18.2 Å². The first-order chi connectivity index (χ1) is 12.0. The average molecular weight is 336 g/mol. The molecule has 0 aromatic carbocycles. The minimum atomic E-state index is 0.533. The predicted molar refractivity (Wildman–Crippen MR) is 102 cm³/mol. The monoisotopic (exact) mass is 336 g/mol. The molecule has 2 aromatic heterocycles. The number of rotatable bonds is 3. The van der Waals surface area contributed by atoms with Gasteiger partial charge >= 0.3 is 0 Å². The first kappa shape index (κ1) is 17.2. The third-order valence-corrected chi connectivity index (χ3v) is 5.03. The van der Waals surface area contributed by atoms with Gasteiger partial charge in [-0.05, 0) is 45.1 Å². The number of piperidine rings is 1. The van der Waals surface area contributed by atoms with E-state index in [0.29, 0.717) is 5.92 Å². The molecule has 3 heterocycles. The maximum absolute atomic E-state index is 5.24. The van der Waals surface area contributed by atoms with Gasteiger partial charge in [0.1, 0.15) is 5.52 Å². The van der Waals surface area contributed by atoms with E-state index in [1.165, 1.54) is 11.8 Å². The minimum absolute atomic E-state index is 0.533. The summed E-state index contributed by atoms with van der Waals surface area (Å²) >= 11 is 0. The first-order valence-corrected chi connectivity index (χ1v) is 8.58. The van der Waals surface area contributed by atoms with Crippen molar-refractivity contribution in [1.29, 1.82) is 0 Å². The summed E-state index contributed by atoms with van der Waals surface area (Å²) in [5, 5.41) is 0. The fourth-order valence-electron chi connectivity index (χ4n) is 3.42. The van der Waals surface area contributed by atoms with E-state index >= 15 is 0 Å². The van der Waals surface area contributed by atoms with Crippen LogP contribution >= 0.6 is 0 Å². The van der Waals surface area contributed by atoms with Crippen molar-refractivity contribution in [2.24, 2.45) is 18.0 Å². The fourth-order valence-corrected chi connectivity index (χ4v) is 3.42. The Labute approximate surface area is 148 Å². The Kier molecular flexibility index (Phi) is 4.84. The molecule has 1 saturated heterocycles. The molecule has 3 rings (SSSR count). The van der Waals surface area contributed by atoms with Crippen molar-refractivity contribution in [3.8, 4) is 12.3 Å². The van der Waals surface area contributed by atoms with Gasteiger partial charge in [-0.1, -0.05) is 5.92 Å². The number of fused-ring (bicyclic) bond motifs is 1. The van der Waals surface area contributed by atoms with Crippen LogP contribution < -0.4 is 4.90 Å². The number of allylic oxidation sites excluding steroid dienone is 2. The highest BCUT2D eigenvalue weighted by molar-refractivity contribution is 5.78. The average Bonchev–Trinajstić information content (AvgIpc) is 3.00. The molecule has 6 nitrogen and oxygen atoms in total. The Balaban J connectivity index is 1.75. The van der Waals surface area contributed by atoms with Crippen molar-refractivity contribution in [3.63, 3.8) is 0 Å². The van der Waals surface area contributed by atoms with Crippen LogP contribution in [0.4, 0.5) is 5.95 Å². The van der Waals surface area contributed by atoms with E-state index in [1.54, 1.807) is 6.33 Å². The Morgan fingerprint density at radius 1 is 1.32 bits per heavy atom. The second kappa shape index (κ2) is 7.06. The number of aryl methyl sites for hydroxylation is 2. The number of hydrogen-bond donors (Lipinski definition) is 0. The molecule has 1 fully saturated rings. The third-order valence-electron chi connectivity index (χ3n) is 5.03. The molecule has 2 aromatic rings. The molecule has 0 N–H and O–H groups in total. The number of hydrogen-bond acceptors (Lipinski definition) is 5. The lowest BCUT2D eigenvalue weighted by Crippen LogP contribution is -2.35. The summed E-state index contributed by atoms with van der Waals surface area (Å²) in [4.78, 5) is 20.3. The van der Waals surface area contributed by atoms with E-state index in [-0.39, 0.29) is 0 Å². The van der Waals surface area contributed by atoms with Crippen LogP contribution in [-0.4, -0.2) is 38.8 Å². The number of anilines is 1. The van der Waals surface area contributed by atoms with Crippen LogP contribution in [0.1, 0.15) is 32.4 Å². The van der Waals surface area contributed by atoms with E-state index in [9.17, 15) is 0 Å². The molecule has 25 heavy (non-hydrogen) atoms. The van der Waals surface area contributed by atoms with Gasteiger partial charge < -0.3 is 9.47 Å². The zero-order valence-electron chi connectivity index (χ0n) is 15.3. The minimum Gasteiger partial charge on any atom is -0.341 e. The van der Waals surface area contributed by atoms with E-state index in [0.717, 1.165) is 54.4 Å². The predicted octanol–water partition coefficient (Wildman–Crippen LogP) is 2.89. The Hall–Kier alpha value is -2.68. The summed E-state index contributed by atoms with van der Waals surface area (Å²) in [6, 6.07) is 0. The van der Waals surface area contributed by atoms with Crippen LogP contribution in [0.3, 0.4) is 0 Å². The second-order valence-corrected chi connectivity index (χ2v) is 6.59. The van der Waals surface area contributed by atoms with E-state index < -0.39 is 0 Å². The van der Waals surface area contributed by atoms with E-state index in [2.05, 4.69) is 32.7 Å². The number of aliphatic imine (C=N–C) groups is 1. The van der Waals surface area contributed by atoms with E-state index in [1.807, 2.05) is 25.5 Å². The highest BCUT2D eigenvalue weighted by Gasteiger charge is 2.24. The SMILES string of the molecule is C#CC=NC(C)=C(C)C1CCN(c2nc(C)c3c(ncn3C)n2)CC1. The molecule has 0 unspecified atom stereocenters. The molecule has 130 valence electrons. The van der Waals surface area contributed by atoms with Crippen LogP contribution in [-0.2, 0) is 7.05 Å². The summed E-state index contributed by atoms with van der Waals surface area (Å²) in [5.41, 5.74) is 5.08. The maximum atomic E-state index is 5.24. The van der Waals surface area contributed by atoms with Crippen LogP contribution in [0.2, 0.25) is 0 Å². The van der Waals surface area contributed by atoms with Crippen molar-refractivity contribution in [2.45, 2.75) is 33.6 Å². The molecule has 1 aliphatic heterocycles. The van der Waals surface area contributed by atoms with Crippen LogP contribution in [0.5, 0.6) is 0 Å². The van der Waals surface area contributed by atoms with Gasteiger partial charge in [-0.2, -0.15) is 4.98 Å². The quantitative estimate of drug-likeness (QED) is 0.639. The Morgan fingerprint density at radius 2 is 2.04 bits per heavy atom. The number of aromatic nitrogens is 4. The Morgan fingerprint density at radius 3 is 2.72 bits per heavy atom. The molecule has 0 saturated carbocycles. The van der Waals surface area contributed by atoms with Gasteiger partial charge in [-0.25, -0.2) is 9.97 Å². The highest BCUT2D eigenvalue weighted by atomic mass is 15.3. The van der Waals surface area contributed by atoms with Crippen molar-refractivity contribution in [1.82, 2.24) is 19.5 Å². The molecule has 0 amide bonds. The summed E-state index contributed by atoms with van der Waals surface area (Å²) in [6.45, 7) is 8.07. The van der Waals surface area contributed by atoms with Crippen LogP contribution in [0, 0.1) is 25.2 Å². The first-order valence-electron chi connectivity index (χ1n) is 8.58. The highest BCUT2D eigenvalue weighted by Crippen LogP contribution is 2.29. The summed E-state index contributed by atoms with van der Waals surface area (Å²) < 4.78 is 1.97. The summed E-state index contributed by atoms with van der Waals surface area (Å²) in [7, 11) is 1.97. The van der Waals surface area contributed by atoms with Crippen LogP contribution in [0.25, 0.3) is 11.2 Å². The third kappa shape index (κ3) is 3.41. The molecule has 1 aliphatic rings. The van der Waals surface area contributed by atoms with Crippen molar-refractivity contribution < 1.29 is 0 Å². The molecule has 0 spiro atoms. The maximum Gasteiger partial charge on any atom is 0.227 e. The number of imidazole rings is 1. The normalized spacial score (nSPS) is 17.2. The lowest BCUT2D eigenvalue weighted by molar-refractivity contribution is 0.451. The molecule has 0 atom stereocenters. The largest absolute Gasteiger partial charge is 0.341 e. The number of terminal acetylenes is 1. The van der Waals surface area contributed by atoms with Gasteiger partial charge in [0.25, 0.3) is 0 Å². The van der Waals surface area contributed by atoms with Gasteiger partial charge in [0.15, 0.2) is 5.65 Å².